The van der Waals surface area contributed by atoms with E-state index in [0.29, 0.717) is 10.7 Å². The van der Waals surface area contributed by atoms with Gasteiger partial charge in [0.15, 0.2) is 6.10 Å². The molecule has 2 aromatic rings. The predicted octanol–water partition coefficient (Wildman–Crippen LogP) is 3.54. The van der Waals surface area contributed by atoms with E-state index in [0.717, 1.165) is 5.56 Å². The second-order valence-electron chi connectivity index (χ2n) is 5.06. The van der Waals surface area contributed by atoms with Crippen molar-refractivity contribution < 1.29 is 19.4 Å². The highest BCUT2D eigenvalue weighted by molar-refractivity contribution is 6.30. The molecule has 0 saturated heterocycles. The number of ether oxygens (including phenoxy) is 1. The molecule has 2 rings (SSSR count). The third-order valence-electron chi connectivity index (χ3n) is 3.15. The number of hydrogen-bond donors (Lipinski definition) is 2. The fraction of sp³-hybridized carbons (Fsp3) is 0.176. The van der Waals surface area contributed by atoms with Gasteiger partial charge in [-0.25, -0.2) is 4.79 Å². The molecule has 0 aliphatic rings. The van der Waals surface area contributed by atoms with Crippen LogP contribution in [0.4, 0.5) is 5.69 Å². The molecule has 0 fully saturated rings. The highest BCUT2D eigenvalue weighted by atomic mass is 35.5. The van der Waals surface area contributed by atoms with Crippen LogP contribution in [-0.4, -0.2) is 23.1 Å². The third kappa shape index (κ3) is 4.47. The van der Waals surface area contributed by atoms with Crippen molar-refractivity contribution >= 4 is 29.2 Å². The Labute approximate surface area is 138 Å². The summed E-state index contributed by atoms with van der Waals surface area (Å²) in [5.74, 6) is -1.56. The Hall–Kier alpha value is -2.53. The second-order valence-corrected chi connectivity index (χ2v) is 5.50. The first-order valence-corrected chi connectivity index (χ1v) is 7.31. The first-order chi connectivity index (χ1) is 10.9. The number of halogens is 1. The van der Waals surface area contributed by atoms with Crippen LogP contribution >= 0.6 is 11.6 Å². The van der Waals surface area contributed by atoms with Crippen molar-refractivity contribution in [3.63, 3.8) is 0 Å². The Balaban J connectivity index is 2.00. The Morgan fingerprint density at radius 3 is 2.43 bits per heavy atom. The first-order valence-electron chi connectivity index (χ1n) is 6.94. The molecule has 0 radical (unpaired) electrons. The summed E-state index contributed by atoms with van der Waals surface area (Å²) in [6.07, 6.45) is -1.01. The lowest BCUT2D eigenvalue weighted by molar-refractivity contribution is -0.123. The van der Waals surface area contributed by atoms with Crippen LogP contribution in [0.5, 0.6) is 5.75 Å². The zero-order valence-electron chi connectivity index (χ0n) is 12.7. The minimum absolute atomic E-state index is 0.0515. The molecule has 6 heteroatoms. The van der Waals surface area contributed by atoms with Gasteiger partial charge in [-0.15, -0.1) is 0 Å². The highest BCUT2D eigenvalue weighted by Gasteiger charge is 2.21. The molecule has 1 atom stereocenters. The molecule has 0 bridgehead atoms. The summed E-state index contributed by atoms with van der Waals surface area (Å²) in [5, 5.41) is 12.6. The molecule has 2 aromatic carbocycles. The molecule has 120 valence electrons. The molecule has 1 unspecified atom stereocenters. The largest absolute Gasteiger partial charge is 0.507 e. The predicted molar refractivity (Wildman–Crippen MR) is 87.8 cm³/mol. The maximum absolute atomic E-state index is 12.0. The molecule has 0 heterocycles. The highest BCUT2D eigenvalue weighted by Crippen LogP contribution is 2.23. The molecular weight excluding hydrogens is 318 g/mol. The summed E-state index contributed by atoms with van der Waals surface area (Å²) < 4.78 is 5.06. The molecule has 0 aromatic heterocycles. The number of benzene rings is 2. The standard InChI is InChI=1S/C17H16ClNO4/c1-10-3-6-13(7-4-10)19-16(21)11(2)23-17(22)14-8-5-12(18)9-15(14)20/h3-9,11,20H,1-2H3,(H,19,21). The van der Waals surface area contributed by atoms with Crippen LogP contribution in [0.3, 0.4) is 0 Å². The number of aromatic hydroxyl groups is 1. The van der Waals surface area contributed by atoms with Crippen molar-refractivity contribution in [3.8, 4) is 5.75 Å². The van der Waals surface area contributed by atoms with Gasteiger partial charge < -0.3 is 15.2 Å². The van der Waals surface area contributed by atoms with Gasteiger partial charge in [0.05, 0.1) is 0 Å². The second kappa shape index (κ2) is 7.15. The summed E-state index contributed by atoms with van der Waals surface area (Å²) in [7, 11) is 0. The number of phenolic OH excluding ortho intramolecular Hbond substituents is 1. The van der Waals surface area contributed by atoms with Crippen LogP contribution in [0.2, 0.25) is 5.02 Å². The van der Waals surface area contributed by atoms with Gasteiger partial charge in [-0.2, -0.15) is 0 Å². The van der Waals surface area contributed by atoms with E-state index in [1.54, 1.807) is 12.1 Å². The lowest BCUT2D eigenvalue weighted by Crippen LogP contribution is -2.30. The third-order valence-corrected chi connectivity index (χ3v) is 3.39. The van der Waals surface area contributed by atoms with Crippen molar-refractivity contribution in [2.24, 2.45) is 0 Å². The van der Waals surface area contributed by atoms with Crippen molar-refractivity contribution in [2.75, 3.05) is 5.32 Å². The van der Waals surface area contributed by atoms with Crippen LogP contribution in [0.15, 0.2) is 42.5 Å². The maximum atomic E-state index is 12.0. The van der Waals surface area contributed by atoms with Crippen LogP contribution in [0, 0.1) is 6.92 Å². The summed E-state index contributed by atoms with van der Waals surface area (Å²) >= 11 is 5.70. The molecule has 0 spiro atoms. The Morgan fingerprint density at radius 2 is 1.83 bits per heavy atom. The Morgan fingerprint density at radius 1 is 1.17 bits per heavy atom. The zero-order chi connectivity index (χ0) is 17.0. The molecular formula is C17H16ClNO4. The number of anilines is 1. The van der Waals surface area contributed by atoms with Crippen molar-refractivity contribution in [3.05, 3.63) is 58.6 Å². The topological polar surface area (TPSA) is 75.6 Å². The summed E-state index contributed by atoms with van der Waals surface area (Å²) in [5.41, 5.74) is 1.63. The molecule has 0 aliphatic heterocycles. The van der Waals surface area contributed by atoms with E-state index < -0.39 is 18.0 Å². The number of esters is 1. The van der Waals surface area contributed by atoms with Crippen LogP contribution < -0.4 is 5.32 Å². The van der Waals surface area contributed by atoms with Crippen LogP contribution in [-0.2, 0) is 9.53 Å². The van der Waals surface area contributed by atoms with Gasteiger partial charge in [-0.05, 0) is 44.2 Å². The maximum Gasteiger partial charge on any atom is 0.342 e. The van der Waals surface area contributed by atoms with E-state index >= 15 is 0 Å². The normalized spacial score (nSPS) is 11.6. The van der Waals surface area contributed by atoms with Crippen LogP contribution in [0.25, 0.3) is 0 Å². The molecule has 0 aliphatic carbocycles. The fourth-order valence-electron chi connectivity index (χ4n) is 1.84. The SMILES string of the molecule is Cc1ccc(NC(=O)C(C)OC(=O)c2ccc(Cl)cc2O)cc1. The van der Waals surface area contributed by atoms with Gasteiger partial charge >= 0.3 is 5.97 Å². The lowest BCUT2D eigenvalue weighted by atomic mass is 10.2. The number of aryl methyl sites for hydroxylation is 1. The number of carbonyl (C=O) groups is 2. The van der Waals surface area contributed by atoms with Gasteiger partial charge in [-0.1, -0.05) is 29.3 Å². The van der Waals surface area contributed by atoms with E-state index in [1.807, 2.05) is 19.1 Å². The minimum Gasteiger partial charge on any atom is -0.507 e. The molecule has 23 heavy (non-hydrogen) atoms. The van der Waals surface area contributed by atoms with Gasteiger partial charge in [0.2, 0.25) is 0 Å². The van der Waals surface area contributed by atoms with E-state index in [9.17, 15) is 14.7 Å². The van der Waals surface area contributed by atoms with Crippen molar-refractivity contribution in [1.29, 1.82) is 0 Å². The van der Waals surface area contributed by atoms with Gasteiger partial charge in [-0.3, -0.25) is 4.79 Å². The minimum atomic E-state index is -1.01. The van der Waals surface area contributed by atoms with Gasteiger partial charge in [0, 0.05) is 10.7 Å². The molecule has 0 saturated carbocycles. The van der Waals surface area contributed by atoms with Crippen molar-refractivity contribution in [1.82, 2.24) is 0 Å². The number of hydrogen-bond acceptors (Lipinski definition) is 4. The Kier molecular flexibility index (Phi) is 5.24. The summed E-state index contributed by atoms with van der Waals surface area (Å²) in [6, 6.07) is 11.3. The number of phenols is 1. The van der Waals surface area contributed by atoms with Crippen molar-refractivity contribution in [2.45, 2.75) is 20.0 Å². The fourth-order valence-corrected chi connectivity index (χ4v) is 2.00. The zero-order valence-corrected chi connectivity index (χ0v) is 13.4. The molecule has 2 N–H and O–H groups in total. The number of nitrogens with one attached hydrogen (secondary N) is 1. The monoisotopic (exact) mass is 333 g/mol. The average molecular weight is 334 g/mol. The van der Waals surface area contributed by atoms with Gasteiger partial charge in [0.1, 0.15) is 11.3 Å². The Bertz CT molecular complexity index is 728. The van der Waals surface area contributed by atoms with E-state index in [1.165, 1.54) is 25.1 Å². The number of carbonyl (C=O) groups excluding carboxylic acids is 2. The number of rotatable bonds is 4. The summed E-state index contributed by atoms with van der Waals surface area (Å²) in [4.78, 5) is 24.0. The molecule has 5 nitrogen and oxygen atoms in total. The quantitative estimate of drug-likeness (QED) is 0.839. The number of amides is 1. The van der Waals surface area contributed by atoms with E-state index in [2.05, 4.69) is 5.32 Å². The smallest absolute Gasteiger partial charge is 0.342 e. The average Bonchev–Trinajstić information content (AvgIpc) is 2.49. The van der Waals surface area contributed by atoms with Gasteiger partial charge in [0.25, 0.3) is 5.91 Å². The van der Waals surface area contributed by atoms with E-state index in [-0.39, 0.29) is 11.3 Å². The molecule has 1 amide bonds. The first kappa shape index (κ1) is 16.8. The lowest BCUT2D eigenvalue weighted by Gasteiger charge is -2.14. The summed E-state index contributed by atoms with van der Waals surface area (Å²) in [6.45, 7) is 3.39. The van der Waals surface area contributed by atoms with E-state index in [4.69, 9.17) is 16.3 Å². The van der Waals surface area contributed by atoms with Crippen LogP contribution in [0.1, 0.15) is 22.8 Å².